The van der Waals surface area contributed by atoms with Crippen LogP contribution in [0, 0.1) is 19.7 Å². The highest BCUT2D eigenvalue weighted by molar-refractivity contribution is 5.97. The number of rotatable bonds is 6. The Kier molecular flexibility index (Phi) is 7.65. The maximum Gasteiger partial charge on any atom is 0.243 e. The molecule has 0 aromatic heterocycles. The van der Waals surface area contributed by atoms with Crippen molar-refractivity contribution in [3.8, 4) is 0 Å². The van der Waals surface area contributed by atoms with Gasteiger partial charge >= 0.3 is 0 Å². The van der Waals surface area contributed by atoms with Crippen molar-refractivity contribution in [1.29, 1.82) is 0 Å². The molecule has 2 fully saturated rings. The zero-order valence-corrected chi connectivity index (χ0v) is 20.2. The number of carbonyl (C=O) groups is 3. The van der Waals surface area contributed by atoms with Crippen molar-refractivity contribution in [3.05, 3.63) is 59.4 Å². The van der Waals surface area contributed by atoms with Gasteiger partial charge < -0.3 is 20.4 Å². The van der Waals surface area contributed by atoms with Gasteiger partial charge in [0, 0.05) is 45.0 Å². The van der Waals surface area contributed by atoms with Crippen LogP contribution in [0.15, 0.2) is 42.5 Å². The number of piperazine rings is 2. The predicted molar refractivity (Wildman–Crippen MR) is 133 cm³/mol. The van der Waals surface area contributed by atoms with E-state index >= 15 is 0 Å². The standard InChI is InChI=1S/C26H32FN5O3/c1-18-13-19(2)15-20(14-18)29-24(33)16-23-26(35)28-7-8-32(23)25(34)17-30-9-11-31(12-10-30)22-6-4-3-5-21(22)27/h3-6,13-15,23H,7-12,16-17H2,1-2H3,(H,28,35)(H,29,33)/t23-/m0/s1. The van der Waals surface area contributed by atoms with E-state index in [4.69, 9.17) is 0 Å². The zero-order chi connectivity index (χ0) is 24.9. The summed E-state index contributed by atoms with van der Waals surface area (Å²) in [5.74, 6) is -1.06. The smallest absolute Gasteiger partial charge is 0.243 e. The summed E-state index contributed by atoms with van der Waals surface area (Å²) in [6, 6.07) is 11.6. The third-order valence-electron chi connectivity index (χ3n) is 6.46. The monoisotopic (exact) mass is 481 g/mol. The fourth-order valence-corrected chi connectivity index (χ4v) is 4.79. The van der Waals surface area contributed by atoms with Gasteiger partial charge in [-0.25, -0.2) is 4.39 Å². The summed E-state index contributed by atoms with van der Waals surface area (Å²) in [7, 11) is 0. The summed E-state index contributed by atoms with van der Waals surface area (Å²) >= 11 is 0. The minimum atomic E-state index is -0.846. The fraction of sp³-hybridized carbons (Fsp3) is 0.423. The van der Waals surface area contributed by atoms with Gasteiger partial charge in [-0.15, -0.1) is 0 Å². The number of benzene rings is 2. The van der Waals surface area contributed by atoms with Gasteiger partial charge in [-0.2, -0.15) is 0 Å². The summed E-state index contributed by atoms with van der Waals surface area (Å²) in [5.41, 5.74) is 3.31. The van der Waals surface area contributed by atoms with Gasteiger partial charge in [-0.1, -0.05) is 18.2 Å². The lowest BCUT2D eigenvalue weighted by Gasteiger charge is -2.39. The highest BCUT2D eigenvalue weighted by atomic mass is 19.1. The number of para-hydroxylation sites is 1. The Morgan fingerprint density at radius 1 is 1.03 bits per heavy atom. The second-order valence-electron chi connectivity index (χ2n) is 9.24. The third kappa shape index (κ3) is 6.16. The number of anilines is 2. The van der Waals surface area contributed by atoms with Gasteiger partial charge in [-0.05, 0) is 49.2 Å². The number of aryl methyl sites for hydroxylation is 2. The highest BCUT2D eigenvalue weighted by Crippen LogP contribution is 2.21. The quantitative estimate of drug-likeness (QED) is 0.659. The van der Waals surface area contributed by atoms with E-state index in [1.54, 1.807) is 12.1 Å². The largest absolute Gasteiger partial charge is 0.367 e. The molecule has 0 unspecified atom stereocenters. The topological polar surface area (TPSA) is 85.0 Å². The Balaban J connectivity index is 1.34. The number of nitrogens with zero attached hydrogens (tertiary/aromatic N) is 3. The van der Waals surface area contributed by atoms with Crippen molar-refractivity contribution in [2.24, 2.45) is 0 Å². The molecule has 0 aliphatic carbocycles. The van der Waals surface area contributed by atoms with Crippen molar-refractivity contribution in [1.82, 2.24) is 15.1 Å². The summed E-state index contributed by atoms with van der Waals surface area (Å²) in [6.45, 7) is 7.22. The van der Waals surface area contributed by atoms with Gasteiger partial charge in [0.05, 0.1) is 18.7 Å². The first-order valence-corrected chi connectivity index (χ1v) is 12.0. The van der Waals surface area contributed by atoms with Crippen LogP contribution in [0.5, 0.6) is 0 Å². The molecule has 9 heteroatoms. The fourth-order valence-electron chi connectivity index (χ4n) is 4.79. The number of amides is 3. The average Bonchev–Trinajstić information content (AvgIpc) is 2.80. The molecule has 8 nitrogen and oxygen atoms in total. The molecule has 0 spiro atoms. The third-order valence-corrected chi connectivity index (χ3v) is 6.46. The molecular weight excluding hydrogens is 449 g/mol. The molecule has 2 saturated heterocycles. The van der Waals surface area contributed by atoms with Crippen molar-refractivity contribution < 1.29 is 18.8 Å². The second kappa shape index (κ2) is 10.9. The van der Waals surface area contributed by atoms with E-state index < -0.39 is 6.04 Å². The Morgan fingerprint density at radius 2 is 1.71 bits per heavy atom. The van der Waals surface area contributed by atoms with E-state index in [1.807, 2.05) is 47.9 Å². The van der Waals surface area contributed by atoms with Crippen LogP contribution in [0.3, 0.4) is 0 Å². The van der Waals surface area contributed by atoms with E-state index in [2.05, 4.69) is 10.6 Å². The predicted octanol–water partition coefficient (Wildman–Crippen LogP) is 1.92. The summed E-state index contributed by atoms with van der Waals surface area (Å²) in [5, 5.41) is 5.62. The van der Waals surface area contributed by atoms with E-state index in [9.17, 15) is 18.8 Å². The molecule has 0 saturated carbocycles. The van der Waals surface area contributed by atoms with Gasteiger partial charge in [0.1, 0.15) is 11.9 Å². The Hall–Kier alpha value is -3.46. The normalized spacial score (nSPS) is 18.8. The van der Waals surface area contributed by atoms with E-state index in [0.29, 0.717) is 50.6 Å². The highest BCUT2D eigenvalue weighted by Gasteiger charge is 2.35. The summed E-state index contributed by atoms with van der Waals surface area (Å²) < 4.78 is 14.1. The first-order chi connectivity index (χ1) is 16.8. The van der Waals surface area contributed by atoms with Crippen LogP contribution in [-0.2, 0) is 14.4 Å². The molecule has 35 heavy (non-hydrogen) atoms. The lowest BCUT2D eigenvalue weighted by molar-refractivity contribution is -0.145. The van der Waals surface area contributed by atoms with Crippen LogP contribution < -0.4 is 15.5 Å². The minimum Gasteiger partial charge on any atom is -0.367 e. The Bertz CT molecular complexity index is 1080. The van der Waals surface area contributed by atoms with Crippen LogP contribution in [0.1, 0.15) is 17.5 Å². The second-order valence-corrected chi connectivity index (χ2v) is 9.24. The zero-order valence-electron chi connectivity index (χ0n) is 20.2. The lowest BCUT2D eigenvalue weighted by atomic mass is 10.1. The van der Waals surface area contributed by atoms with E-state index in [-0.39, 0.29) is 36.5 Å². The number of hydrogen-bond acceptors (Lipinski definition) is 5. The lowest BCUT2D eigenvalue weighted by Crippen LogP contribution is -2.60. The first-order valence-electron chi connectivity index (χ1n) is 12.0. The van der Waals surface area contributed by atoms with Crippen LogP contribution in [-0.4, -0.2) is 79.4 Å². The maximum atomic E-state index is 14.1. The number of carbonyl (C=O) groups excluding carboxylic acids is 3. The first kappa shape index (κ1) is 24.7. The molecule has 2 aliphatic rings. The molecule has 2 aromatic carbocycles. The molecule has 2 aromatic rings. The minimum absolute atomic E-state index is 0.106. The summed E-state index contributed by atoms with van der Waals surface area (Å²) in [4.78, 5) is 44.0. The molecular formula is C26H32FN5O3. The number of nitrogens with one attached hydrogen (secondary N) is 2. The van der Waals surface area contributed by atoms with Crippen LogP contribution in [0.2, 0.25) is 0 Å². The number of hydrogen-bond donors (Lipinski definition) is 2. The average molecular weight is 482 g/mol. The molecule has 0 bridgehead atoms. The molecule has 3 amide bonds. The SMILES string of the molecule is Cc1cc(C)cc(NC(=O)C[C@H]2C(=O)NCCN2C(=O)CN2CCN(c3ccccc3F)CC2)c1. The van der Waals surface area contributed by atoms with Crippen LogP contribution >= 0.6 is 0 Å². The maximum absolute atomic E-state index is 14.1. The molecule has 0 radical (unpaired) electrons. The van der Waals surface area contributed by atoms with Crippen LogP contribution in [0.25, 0.3) is 0 Å². The molecule has 4 rings (SSSR count). The van der Waals surface area contributed by atoms with E-state index in [1.165, 1.54) is 11.0 Å². The van der Waals surface area contributed by atoms with Gasteiger partial charge in [0.2, 0.25) is 17.7 Å². The van der Waals surface area contributed by atoms with Crippen molar-refractivity contribution in [3.63, 3.8) is 0 Å². The Morgan fingerprint density at radius 3 is 2.40 bits per heavy atom. The summed E-state index contributed by atoms with van der Waals surface area (Å²) in [6.07, 6.45) is -0.106. The van der Waals surface area contributed by atoms with Crippen molar-refractivity contribution in [2.75, 3.05) is 56.0 Å². The molecule has 186 valence electrons. The van der Waals surface area contributed by atoms with Crippen molar-refractivity contribution >= 4 is 29.1 Å². The van der Waals surface area contributed by atoms with Crippen LogP contribution in [0.4, 0.5) is 15.8 Å². The molecule has 2 N–H and O–H groups in total. The molecule has 2 aliphatic heterocycles. The van der Waals surface area contributed by atoms with Gasteiger partial charge in [0.25, 0.3) is 0 Å². The van der Waals surface area contributed by atoms with Crippen molar-refractivity contribution in [2.45, 2.75) is 26.3 Å². The van der Waals surface area contributed by atoms with Gasteiger partial charge in [0.15, 0.2) is 0 Å². The van der Waals surface area contributed by atoms with E-state index in [0.717, 1.165) is 11.1 Å². The molecule has 1 atom stereocenters. The van der Waals surface area contributed by atoms with Gasteiger partial charge in [-0.3, -0.25) is 19.3 Å². The molecule has 2 heterocycles. The Labute approximate surface area is 205 Å². The number of halogens is 1.